The van der Waals surface area contributed by atoms with Gasteiger partial charge in [0.25, 0.3) is 5.91 Å². The first-order valence-corrected chi connectivity index (χ1v) is 12.8. The molecular formula is C26H28F3N5O2S. The molecule has 1 aromatic heterocycles. The molecule has 0 unspecified atom stereocenters. The van der Waals surface area contributed by atoms with Crippen molar-refractivity contribution in [3.05, 3.63) is 69.2 Å². The van der Waals surface area contributed by atoms with Gasteiger partial charge in [-0.1, -0.05) is 41.7 Å². The fraction of sp³-hybridized carbons (Fsp3) is 0.385. The lowest BCUT2D eigenvalue weighted by molar-refractivity contribution is -0.137. The first kappa shape index (κ1) is 26.7. The number of nitrogens with zero attached hydrogens (tertiary/aromatic N) is 3. The highest BCUT2D eigenvalue weighted by molar-refractivity contribution is 7.13. The van der Waals surface area contributed by atoms with Gasteiger partial charge in [0.05, 0.1) is 11.6 Å². The molecular weight excluding hydrogens is 503 g/mol. The number of carbonyl (C=O) groups is 2. The van der Waals surface area contributed by atoms with Gasteiger partial charge in [-0.15, -0.1) is 10.2 Å². The molecule has 1 saturated heterocycles. The number of benzene rings is 2. The van der Waals surface area contributed by atoms with Crippen LogP contribution in [0.3, 0.4) is 0 Å². The Balaban J connectivity index is 1.42. The van der Waals surface area contributed by atoms with Crippen LogP contribution in [-0.2, 0) is 17.5 Å². The number of hydrogen-bond donors (Lipinski definition) is 2. The van der Waals surface area contributed by atoms with E-state index in [1.54, 1.807) is 31.2 Å². The first-order valence-electron chi connectivity index (χ1n) is 12.0. The van der Waals surface area contributed by atoms with Crippen LogP contribution in [0.4, 0.5) is 13.2 Å². The molecule has 11 heteroatoms. The molecule has 1 atom stereocenters. The van der Waals surface area contributed by atoms with E-state index in [-0.39, 0.29) is 35.3 Å². The van der Waals surface area contributed by atoms with E-state index in [1.807, 2.05) is 11.8 Å². The maximum atomic E-state index is 13.2. The van der Waals surface area contributed by atoms with Gasteiger partial charge >= 0.3 is 6.18 Å². The van der Waals surface area contributed by atoms with E-state index in [1.165, 1.54) is 17.4 Å². The Labute approximate surface area is 216 Å². The van der Waals surface area contributed by atoms with Crippen LogP contribution in [0.1, 0.15) is 70.1 Å². The van der Waals surface area contributed by atoms with E-state index in [0.717, 1.165) is 35.5 Å². The molecule has 1 fully saturated rings. The third kappa shape index (κ3) is 6.16. The SMILES string of the molecule is CC(=O)N1CCC(c2nnc(C(=O)N[C@H](C)c3ccc(-c4cc(C(F)(F)F)ccc4CN)cc3)s2)CC1. The van der Waals surface area contributed by atoms with Crippen LogP contribution in [-0.4, -0.2) is 40.0 Å². The maximum Gasteiger partial charge on any atom is 0.416 e. The van der Waals surface area contributed by atoms with E-state index in [2.05, 4.69) is 15.5 Å². The van der Waals surface area contributed by atoms with Crippen LogP contribution in [0.15, 0.2) is 42.5 Å². The van der Waals surface area contributed by atoms with Gasteiger partial charge in [0.2, 0.25) is 10.9 Å². The van der Waals surface area contributed by atoms with Gasteiger partial charge in [-0.05, 0) is 54.2 Å². The van der Waals surface area contributed by atoms with E-state index < -0.39 is 11.7 Å². The Morgan fingerprint density at radius 2 is 1.81 bits per heavy atom. The quantitative estimate of drug-likeness (QED) is 0.471. The van der Waals surface area contributed by atoms with E-state index in [4.69, 9.17) is 5.73 Å². The second-order valence-electron chi connectivity index (χ2n) is 9.12. The maximum absolute atomic E-state index is 13.2. The highest BCUT2D eigenvalue weighted by Gasteiger charge is 2.31. The Bertz CT molecular complexity index is 1270. The molecule has 2 amide bonds. The van der Waals surface area contributed by atoms with Crippen molar-refractivity contribution in [3.63, 3.8) is 0 Å². The predicted molar refractivity (Wildman–Crippen MR) is 135 cm³/mol. The topological polar surface area (TPSA) is 101 Å². The standard InChI is InChI=1S/C26H28F3N5O2S/c1-15(31-23(36)25-33-32-24(37-25)19-9-11-34(12-10-19)16(2)35)17-3-5-18(6-4-17)22-13-21(26(27,28)29)8-7-20(22)14-30/h3-8,13,15,19H,9-12,14,30H2,1-2H3,(H,31,36)/t15-/m1/s1. The lowest BCUT2D eigenvalue weighted by Crippen LogP contribution is -2.36. The number of amides is 2. The van der Waals surface area contributed by atoms with Crippen molar-refractivity contribution in [2.75, 3.05) is 13.1 Å². The molecule has 2 heterocycles. The van der Waals surface area contributed by atoms with Crippen molar-refractivity contribution in [1.29, 1.82) is 0 Å². The van der Waals surface area contributed by atoms with Crippen molar-refractivity contribution in [3.8, 4) is 11.1 Å². The zero-order valence-electron chi connectivity index (χ0n) is 20.5. The fourth-order valence-electron chi connectivity index (χ4n) is 4.43. The molecule has 3 aromatic rings. The van der Waals surface area contributed by atoms with Crippen LogP contribution in [0, 0.1) is 0 Å². The Kier molecular flexibility index (Phi) is 7.93. The summed E-state index contributed by atoms with van der Waals surface area (Å²) < 4.78 is 39.6. The smallest absolute Gasteiger partial charge is 0.343 e. The first-order chi connectivity index (χ1) is 17.6. The molecule has 0 aliphatic carbocycles. The Morgan fingerprint density at radius 3 is 2.41 bits per heavy atom. The fourth-order valence-corrected chi connectivity index (χ4v) is 5.34. The number of aromatic nitrogens is 2. The zero-order valence-corrected chi connectivity index (χ0v) is 21.3. The number of rotatable bonds is 6. The molecule has 2 aromatic carbocycles. The van der Waals surface area contributed by atoms with Gasteiger partial charge in [0, 0.05) is 32.5 Å². The minimum Gasteiger partial charge on any atom is -0.343 e. The minimum atomic E-state index is -4.45. The average molecular weight is 532 g/mol. The second-order valence-corrected chi connectivity index (χ2v) is 10.1. The summed E-state index contributed by atoms with van der Waals surface area (Å²) >= 11 is 1.26. The highest BCUT2D eigenvalue weighted by atomic mass is 32.1. The Morgan fingerprint density at radius 1 is 1.14 bits per heavy atom. The molecule has 7 nitrogen and oxygen atoms in total. The number of alkyl halides is 3. The third-order valence-electron chi connectivity index (χ3n) is 6.65. The summed E-state index contributed by atoms with van der Waals surface area (Å²) in [6, 6.07) is 10.2. The van der Waals surface area contributed by atoms with Gasteiger partial charge in [-0.3, -0.25) is 9.59 Å². The molecule has 0 bridgehead atoms. The molecule has 0 spiro atoms. The van der Waals surface area contributed by atoms with Gasteiger partial charge in [0.15, 0.2) is 0 Å². The largest absolute Gasteiger partial charge is 0.416 e. The van der Waals surface area contributed by atoms with Crippen LogP contribution in [0.25, 0.3) is 11.1 Å². The van der Waals surface area contributed by atoms with Crippen LogP contribution in [0.5, 0.6) is 0 Å². The second kappa shape index (κ2) is 11.0. The van der Waals surface area contributed by atoms with Gasteiger partial charge in [-0.25, -0.2) is 0 Å². The summed E-state index contributed by atoms with van der Waals surface area (Å²) in [6.45, 7) is 4.83. The highest BCUT2D eigenvalue weighted by Crippen LogP contribution is 2.35. The molecule has 0 saturated carbocycles. The summed E-state index contributed by atoms with van der Waals surface area (Å²) in [7, 11) is 0. The van der Waals surface area contributed by atoms with Crippen molar-refractivity contribution < 1.29 is 22.8 Å². The number of nitrogens with one attached hydrogen (secondary N) is 1. The number of likely N-dealkylation sites (tertiary alicyclic amines) is 1. The summed E-state index contributed by atoms with van der Waals surface area (Å²) in [5.74, 6) is -0.105. The molecule has 0 radical (unpaired) electrons. The lowest BCUT2D eigenvalue weighted by atomic mass is 9.95. The zero-order chi connectivity index (χ0) is 26.7. The number of nitrogens with two attached hydrogens (primary N) is 1. The summed E-state index contributed by atoms with van der Waals surface area (Å²) in [5, 5.41) is 12.2. The third-order valence-corrected chi connectivity index (χ3v) is 7.74. The normalized spacial score (nSPS) is 15.5. The molecule has 1 aliphatic rings. The van der Waals surface area contributed by atoms with Gasteiger partial charge < -0.3 is 16.0 Å². The van der Waals surface area contributed by atoms with Crippen molar-refractivity contribution in [2.24, 2.45) is 5.73 Å². The lowest BCUT2D eigenvalue weighted by Gasteiger charge is -2.29. The Hall–Kier alpha value is -3.31. The van der Waals surface area contributed by atoms with Crippen molar-refractivity contribution in [1.82, 2.24) is 20.4 Å². The molecule has 1 aliphatic heterocycles. The molecule has 196 valence electrons. The number of carbonyl (C=O) groups excluding carboxylic acids is 2. The van der Waals surface area contributed by atoms with Crippen LogP contribution < -0.4 is 11.1 Å². The number of hydrogen-bond acceptors (Lipinski definition) is 6. The van der Waals surface area contributed by atoms with Crippen molar-refractivity contribution in [2.45, 2.75) is 51.4 Å². The minimum absolute atomic E-state index is 0.0625. The summed E-state index contributed by atoms with van der Waals surface area (Å²) in [6.07, 6.45) is -2.87. The summed E-state index contributed by atoms with van der Waals surface area (Å²) in [4.78, 5) is 26.1. The van der Waals surface area contributed by atoms with Crippen LogP contribution >= 0.6 is 11.3 Å². The molecule has 3 N–H and O–H groups in total. The molecule has 4 rings (SSSR count). The van der Waals surface area contributed by atoms with Crippen molar-refractivity contribution >= 4 is 23.2 Å². The predicted octanol–water partition coefficient (Wildman–Crippen LogP) is 4.90. The van der Waals surface area contributed by atoms with E-state index >= 15 is 0 Å². The molecule has 37 heavy (non-hydrogen) atoms. The van der Waals surface area contributed by atoms with Crippen LogP contribution in [0.2, 0.25) is 0 Å². The van der Waals surface area contributed by atoms with E-state index in [0.29, 0.717) is 29.8 Å². The number of halogens is 3. The van der Waals surface area contributed by atoms with E-state index in [9.17, 15) is 22.8 Å². The summed E-state index contributed by atoms with van der Waals surface area (Å²) in [5.41, 5.74) is 7.46. The monoisotopic (exact) mass is 531 g/mol. The van der Waals surface area contributed by atoms with Gasteiger partial charge in [0.1, 0.15) is 5.01 Å². The van der Waals surface area contributed by atoms with Gasteiger partial charge in [-0.2, -0.15) is 13.2 Å². The number of piperidine rings is 1. The average Bonchev–Trinajstić information content (AvgIpc) is 3.38.